The number of methoxy groups -OCH3 is 1. The van der Waals surface area contributed by atoms with Gasteiger partial charge in [0.05, 0.1) is 7.11 Å². The van der Waals surface area contributed by atoms with E-state index in [-0.39, 0.29) is 24.1 Å². The molecule has 0 saturated carbocycles. The van der Waals surface area contributed by atoms with Gasteiger partial charge in [-0.15, -0.1) is 0 Å². The second-order valence-electron chi connectivity index (χ2n) is 7.30. The lowest BCUT2D eigenvalue weighted by molar-refractivity contribution is 0.0947. The summed E-state index contributed by atoms with van der Waals surface area (Å²) in [6, 6.07) is 16.1. The van der Waals surface area contributed by atoms with E-state index >= 15 is 0 Å². The van der Waals surface area contributed by atoms with Crippen LogP contribution in [0, 0.1) is 0 Å². The topological polar surface area (TPSA) is 105 Å². The SMILES string of the molecule is COc1ccc(-c2ncc(C(=O)NCc3cccnc3)c(Oc3ccc4c(c3)OCO4)n2)cc1. The van der Waals surface area contributed by atoms with Crippen LogP contribution < -0.4 is 24.3 Å². The lowest BCUT2D eigenvalue weighted by Crippen LogP contribution is -2.24. The van der Waals surface area contributed by atoms with Crippen molar-refractivity contribution in [2.45, 2.75) is 6.54 Å². The summed E-state index contributed by atoms with van der Waals surface area (Å²) < 4.78 is 22.0. The largest absolute Gasteiger partial charge is 0.497 e. The Kier molecular flexibility index (Phi) is 5.89. The van der Waals surface area contributed by atoms with E-state index < -0.39 is 0 Å². The van der Waals surface area contributed by atoms with Crippen LogP contribution in [0.5, 0.6) is 28.9 Å². The van der Waals surface area contributed by atoms with Gasteiger partial charge in [0, 0.05) is 36.8 Å². The summed E-state index contributed by atoms with van der Waals surface area (Å²) in [6.07, 6.45) is 4.81. The Morgan fingerprint density at radius 1 is 1.03 bits per heavy atom. The average molecular weight is 456 g/mol. The van der Waals surface area contributed by atoms with Crippen LogP contribution in [0.15, 0.2) is 73.2 Å². The number of nitrogens with one attached hydrogen (secondary N) is 1. The monoisotopic (exact) mass is 456 g/mol. The number of hydrogen-bond acceptors (Lipinski definition) is 8. The lowest BCUT2D eigenvalue weighted by Gasteiger charge is -2.12. The van der Waals surface area contributed by atoms with Gasteiger partial charge in [0.2, 0.25) is 12.7 Å². The van der Waals surface area contributed by atoms with E-state index in [1.165, 1.54) is 6.20 Å². The average Bonchev–Trinajstić information content (AvgIpc) is 3.36. The zero-order valence-electron chi connectivity index (χ0n) is 18.2. The molecule has 0 bridgehead atoms. The minimum absolute atomic E-state index is 0.114. The Morgan fingerprint density at radius 3 is 2.65 bits per heavy atom. The highest BCUT2D eigenvalue weighted by atomic mass is 16.7. The Balaban J connectivity index is 1.45. The summed E-state index contributed by atoms with van der Waals surface area (Å²) in [5.41, 5.74) is 1.81. The molecule has 9 heteroatoms. The highest BCUT2D eigenvalue weighted by molar-refractivity contribution is 5.96. The number of carbonyl (C=O) groups excluding carboxylic acids is 1. The Bertz CT molecular complexity index is 1310. The molecule has 4 aromatic rings. The summed E-state index contributed by atoms with van der Waals surface area (Å²) >= 11 is 0. The molecular weight excluding hydrogens is 436 g/mol. The van der Waals surface area contributed by atoms with E-state index in [0.29, 0.717) is 35.4 Å². The first-order valence-electron chi connectivity index (χ1n) is 10.5. The molecule has 34 heavy (non-hydrogen) atoms. The molecule has 0 unspecified atom stereocenters. The van der Waals surface area contributed by atoms with Crippen LogP contribution in [0.2, 0.25) is 0 Å². The number of benzene rings is 2. The normalized spacial score (nSPS) is 11.7. The number of pyridine rings is 1. The second kappa shape index (κ2) is 9.45. The highest BCUT2D eigenvalue weighted by Crippen LogP contribution is 2.37. The van der Waals surface area contributed by atoms with Gasteiger partial charge in [0.15, 0.2) is 17.3 Å². The van der Waals surface area contributed by atoms with Gasteiger partial charge < -0.3 is 24.3 Å². The number of rotatable bonds is 7. The van der Waals surface area contributed by atoms with E-state index in [4.69, 9.17) is 18.9 Å². The fraction of sp³-hybridized carbons (Fsp3) is 0.120. The van der Waals surface area contributed by atoms with E-state index in [0.717, 1.165) is 11.1 Å². The number of nitrogens with zero attached hydrogens (tertiary/aromatic N) is 3. The Labute approximate surface area is 195 Å². The summed E-state index contributed by atoms with van der Waals surface area (Å²) in [6.45, 7) is 0.451. The van der Waals surface area contributed by atoms with Crippen molar-refractivity contribution in [3.63, 3.8) is 0 Å². The van der Waals surface area contributed by atoms with Gasteiger partial charge in [-0.3, -0.25) is 9.78 Å². The molecule has 3 heterocycles. The van der Waals surface area contributed by atoms with Crippen LogP contribution in [0.3, 0.4) is 0 Å². The third-order valence-corrected chi connectivity index (χ3v) is 5.08. The minimum Gasteiger partial charge on any atom is -0.497 e. The predicted octanol–water partition coefficient (Wildman–Crippen LogP) is 4.00. The first-order valence-corrected chi connectivity index (χ1v) is 10.5. The molecule has 1 aliphatic heterocycles. The van der Waals surface area contributed by atoms with Crippen LogP contribution in [0.4, 0.5) is 0 Å². The molecule has 0 radical (unpaired) electrons. The Morgan fingerprint density at radius 2 is 1.85 bits per heavy atom. The van der Waals surface area contributed by atoms with Crippen LogP contribution in [-0.2, 0) is 6.54 Å². The molecule has 170 valence electrons. The quantitative estimate of drug-likeness (QED) is 0.445. The number of carbonyl (C=O) groups is 1. The van der Waals surface area contributed by atoms with Crippen molar-refractivity contribution in [2.24, 2.45) is 0 Å². The minimum atomic E-state index is -0.374. The molecule has 5 rings (SSSR count). The maximum atomic E-state index is 13.0. The molecule has 2 aromatic heterocycles. The molecular formula is C25H20N4O5. The molecule has 0 atom stereocenters. The van der Waals surface area contributed by atoms with Gasteiger partial charge in [-0.25, -0.2) is 4.98 Å². The third-order valence-electron chi connectivity index (χ3n) is 5.08. The summed E-state index contributed by atoms with van der Waals surface area (Å²) in [5, 5.41) is 2.86. The molecule has 2 aromatic carbocycles. The molecule has 1 amide bonds. The first kappa shape index (κ1) is 21.2. The van der Waals surface area contributed by atoms with Crippen LogP contribution in [-0.4, -0.2) is 34.8 Å². The zero-order chi connectivity index (χ0) is 23.3. The van der Waals surface area contributed by atoms with Gasteiger partial charge in [-0.2, -0.15) is 4.98 Å². The van der Waals surface area contributed by atoms with Crippen LogP contribution >= 0.6 is 0 Å². The number of ether oxygens (including phenoxy) is 4. The van der Waals surface area contributed by atoms with Crippen molar-refractivity contribution in [1.29, 1.82) is 0 Å². The molecule has 9 nitrogen and oxygen atoms in total. The fourth-order valence-corrected chi connectivity index (χ4v) is 3.31. The van der Waals surface area contributed by atoms with Crippen molar-refractivity contribution in [3.8, 4) is 40.3 Å². The van der Waals surface area contributed by atoms with Gasteiger partial charge >= 0.3 is 0 Å². The zero-order valence-corrected chi connectivity index (χ0v) is 18.2. The van der Waals surface area contributed by atoms with Crippen molar-refractivity contribution in [3.05, 3.63) is 84.3 Å². The summed E-state index contributed by atoms with van der Waals surface area (Å²) in [4.78, 5) is 26.0. The number of hydrogen-bond donors (Lipinski definition) is 1. The maximum Gasteiger partial charge on any atom is 0.258 e. The van der Waals surface area contributed by atoms with Crippen LogP contribution in [0.1, 0.15) is 15.9 Å². The molecule has 0 saturated heterocycles. The number of amides is 1. The van der Waals surface area contributed by atoms with Crippen LogP contribution in [0.25, 0.3) is 11.4 Å². The molecule has 0 fully saturated rings. The fourth-order valence-electron chi connectivity index (χ4n) is 3.31. The molecule has 0 aliphatic carbocycles. The predicted molar refractivity (Wildman–Crippen MR) is 122 cm³/mol. The smallest absolute Gasteiger partial charge is 0.258 e. The standard InChI is InChI=1S/C25H20N4O5/c1-31-18-6-4-17(5-7-18)23-27-14-20(24(30)28-13-16-3-2-10-26-12-16)25(29-23)34-19-8-9-21-22(11-19)33-15-32-21/h2-12,14H,13,15H2,1H3,(H,28,30). The number of aromatic nitrogens is 3. The van der Waals surface area contributed by atoms with E-state index in [2.05, 4.69) is 20.3 Å². The lowest BCUT2D eigenvalue weighted by atomic mass is 10.2. The Hall–Kier alpha value is -4.66. The van der Waals surface area contributed by atoms with Crippen molar-refractivity contribution in [1.82, 2.24) is 20.3 Å². The van der Waals surface area contributed by atoms with E-state index in [1.807, 2.05) is 36.4 Å². The van der Waals surface area contributed by atoms with Gasteiger partial charge in [0.25, 0.3) is 5.91 Å². The molecule has 1 aliphatic rings. The molecule has 1 N–H and O–H groups in total. The maximum absolute atomic E-state index is 13.0. The van der Waals surface area contributed by atoms with Crippen molar-refractivity contribution >= 4 is 5.91 Å². The van der Waals surface area contributed by atoms with E-state index in [1.54, 1.807) is 37.7 Å². The third kappa shape index (κ3) is 4.58. The van der Waals surface area contributed by atoms with Crippen molar-refractivity contribution in [2.75, 3.05) is 13.9 Å². The highest BCUT2D eigenvalue weighted by Gasteiger charge is 2.20. The van der Waals surface area contributed by atoms with Gasteiger partial charge in [0.1, 0.15) is 17.1 Å². The first-order chi connectivity index (χ1) is 16.7. The molecule has 0 spiro atoms. The van der Waals surface area contributed by atoms with Gasteiger partial charge in [-0.05, 0) is 48.0 Å². The van der Waals surface area contributed by atoms with Gasteiger partial charge in [-0.1, -0.05) is 6.07 Å². The second-order valence-corrected chi connectivity index (χ2v) is 7.30. The summed E-state index contributed by atoms with van der Waals surface area (Å²) in [7, 11) is 1.60. The van der Waals surface area contributed by atoms with E-state index in [9.17, 15) is 4.79 Å². The number of fused-ring (bicyclic) bond motifs is 1. The van der Waals surface area contributed by atoms with Crippen molar-refractivity contribution < 1.29 is 23.7 Å². The summed E-state index contributed by atoms with van der Waals surface area (Å²) in [5.74, 6) is 2.50.